The zero-order valence-electron chi connectivity index (χ0n) is 11.6. The summed E-state index contributed by atoms with van der Waals surface area (Å²) in [6.07, 6.45) is 7.00. The first-order valence-corrected chi connectivity index (χ1v) is 8.51. The van der Waals surface area contributed by atoms with Crippen LogP contribution in [0.25, 0.3) is 16.8 Å². The van der Waals surface area contributed by atoms with Gasteiger partial charge in [-0.05, 0) is 12.0 Å². The molecule has 3 aromatic heterocycles. The first kappa shape index (κ1) is 13.7. The van der Waals surface area contributed by atoms with Crippen LogP contribution in [0.1, 0.15) is 25.0 Å². The maximum Gasteiger partial charge on any atom is 0.167 e. The van der Waals surface area contributed by atoms with Crippen molar-refractivity contribution in [1.29, 1.82) is 0 Å². The van der Waals surface area contributed by atoms with Gasteiger partial charge in [-0.1, -0.05) is 13.3 Å². The Kier molecular flexibility index (Phi) is 3.31. The third-order valence-electron chi connectivity index (χ3n) is 4.46. The van der Waals surface area contributed by atoms with Gasteiger partial charge >= 0.3 is 0 Å². The van der Waals surface area contributed by atoms with E-state index in [2.05, 4.69) is 63.6 Å². The van der Waals surface area contributed by atoms with Crippen LogP contribution in [0.15, 0.2) is 24.7 Å². The lowest BCUT2D eigenvalue weighted by Crippen LogP contribution is -2.12. The van der Waals surface area contributed by atoms with Gasteiger partial charge in [0.15, 0.2) is 11.3 Å². The Morgan fingerprint density at radius 2 is 2.10 bits per heavy atom. The monoisotopic (exact) mass is 411 g/mol. The third-order valence-corrected chi connectivity index (χ3v) is 5.61. The highest BCUT2D eigenvalue weighted by Crippen LogP contribution is 2.37. The molecule has 5 nitrogen and oxygen atoms in total. The molecule has 110 valence electrons. The molecule has 0 N–H and O–H groups in total. The number of aromatic nitrogens is 4. The van der Waals surface area contributed by atoms with E-state index in [0.717, 1.165) is 29.9 Å². The summed E-state index contributed by atoms with van der Waals surface area (Å²) in [6.45, 7) is 4.37. The fourth-order valence-electron chi connectivity index (χ4n) is 3.37. The molecular formula is C14H15Br2N5. The Labute approximate surface area is 139 Å². The van der Waals surface area contributed by atoms with Gasteiger partial charge in [-0.3, -0.25) is 7.99 Å². The van der Waals surface area contributed by atoms with Gasteiger partial charge in [-0.25, -0.2) is 13.9 Å². The Morgan fingerprint density at radius 1 is 1.24 bits per heavy atom. The molecule has 0 radical (unpaired) electrons. The van der Waals surface area contributed by atoms with E-state index in [-0.39, 0.29) is 0 Å². The zero-order valence-corrected chi connectivity index (χ0v) is 14.7. The van der Waals surface area contributed by atoms with Crippen molar-refractivity contribution in [1.82, 2.24) is 21.9 Å². The van der Waals surface area contributed by atoms with Crippen molar-refractivity contribution < 1.29 is 0 Å². The molecule has 1 aliphatic rings. The van der Waals surface area contributed by atoms with E-state index in [1.54, 1.807) is 0 Å². The molecule has 4 heterocycles. The summed E-state index contributed by atoms with van der Waals surface area (Å²) < 4.78 is 6.35. The molecule has 0 saturated carbocycles. The Bertz CT molecular complexity index is 808. The van der Waals surface area contributed by atoms with Gasteiger partial charge in [0.05, 0.1) is 27.9 Å². The maximum absolute atomic E-state index is 4.56. The highest BCUT2D eigenvalue weighted by Gasteiger charge is 2.34. The SMILES string of the molecule is CC[C@@H]1CN(Br)C[C@H]1c1cnc2cnc3c(ccn3Br)n12. The quantitative estimate of drug-likeness (QED) is 0.604. The average molecular weight is 413 g/mol. The standard InChI is InChI=1S/C14H15Br2N5/c1-2-9-7-19(15)8-10(9)12-5-17-13-6-18-14-11(21(12)13)3-4-20(14)16/h3-6,9-10H,2,7-8H2,1H3/t9-,10-/m1/s1. The Hall–Kier alpha value is -0.920. The summed E-state index contributed by atoms with van der Waals surface area (Å²) in [5, 5.41) is 0. The van der Waals surface area contributed by atoms with Crippen molar-refractivity contribution in [2.75, 3.05) is 13.1 Å². The lowest BCUT2D eigenvalue weighted by Gasteiger charge is -2.16. The normalized spacial score (nSPS) is 23.6. The summed E-state index contributed by atoms with van der Waals surface area (Å²) in [7, 11) is 0. The molecule has 0 bridgehead atoms. The minimum Gasteiger partial charge on any atom is -0.292 e. The maximum atomic E-state index is 4.56. The lowest BCUT2D eigenvalue weighted by molar-refractivity contribution is 0.485. The van der Waals surface area contributed by atoms with Crippen LogP contribution in [0, 0.1) is 5.92 Å². The highest BCUT2D eigenvalue weighted by atomic mass is 79.9. The van der Waals surface area contributed by atoms with Crippen molar-refractivity contribution in [2.24, 2.45) is 5.92 Å². The van der Waals surface area contributed by atoms with Crippen molar-refractivity contribution >= 4 is 49.1 Å². The number of nitrogens with zero attached hydrogens (tertiary/aromatic N) is 5. The summed E-state index contributed by atoms with van der Waals surface area (Å²) in [5.74, 6) is 1.15. The number of hydrogen-bond donors (Lipinski definition) is 0. The van der Waals surface area contributed by atoms with E-state index in [4.69, 9.17) is 0 Å². The van der Waals surface area contributed by atoms with Crippen LogP contribution in [-0.4, -0.2) is 35.0 Å². The number of hydrogen-bond acceptors (Lipinski definition) is 3. The van der Waals surface area contributed by atoms with Gasteiger partial charge in [0, 0.05) is 53.2 Å². The fraction of sp³-hybridized carbons (Fsp3) is 0.429. The highest BCUT2D eigenvalue weighted by molar-refractivity contribution is 9.08. The van der Waals surface area contributed by atoms with E-state index in [0.29, 0.717) is 11.8 Å². The van der Waals surface area contributed by atoms with Crippen molar-refractivity contribution in [3.63, 3.8) is 0 Å². The van der Waals surface area contributed by atoms with Crippen LogP contribution in [0.4, 0.5) is 0 Å². The fourth-order valence-corrected chi connectivity index (χ4v) is 4.44. The molecule has 0 amide bonds. The van der Waals surface area contributed by atoms with E-state index in [9.17, 15) is 0 Å². The molecule has 21 heavy (non-hydrogen) atoms. The minimum absolute atomic E-state index is 0.494. The Balaban J connectivity index is 1.95. The van der Waals surface area contributed by atoms with E-state index in [1.807, 2.05) is 22.2 Å². The van der Waals surface area contributed by atoms with Crippen LogP contribution in [-0.2, 0) is 0 Å². The topological polar surface area (TPSA) is 38.4 Å². The number of rotatable bonds is 2. The van der Waals surface area contributed by atoms with Crippen molar-refractivity contribution in [2.45, 2.75) is 19.3 Å². The molecule has 0 aliphatic carbocycles. The van der Waals surface area contributed by atoms with Gasteiger partial charge in [-0.15, -0.1) is 0 Å². The molecule has 3 aromatic rings. The van der Waals surface area contributed by atoms with Gasteiger partial charge in [0.25, 0.3) is 0 Å². The van der Waals surface area contributed by atoms with Gasteiger partial charge in [-0.2, -0.15) is 0 Å². The minimum atomic E-state index is 0.494. The molecule has 2 atom stereocenters. The molecule has 0 spiro atoms. The molecule has 0 aromatic carbocycles. The average Bonchev–Trinajstić information content (AvgIpc) is 3.15. The van der Waals surface area contributed by atoms with Gasteiger partial charge in [0.2, 0.25) is 0 Å². The first-order chi connectivity index (χ1) is 10.2. The van der Waals surface area contributed by atoms with Crippen molar-refractivity contribution in [3.05, 3.63) is 30.4 Å². The molecule has 1 aliphatic heterocycles. The predicted molar refractivity (Wildman–Crippen MR) is 89.8 cm³/mol. The second-order valence-corrected chi connectivity index (χ2v) is 7.34. The van der Waals surface area contributed by atoms with Crippen LogP contribution < -0.4 is 0 Å². The molecule has 0 unspecified atom stereocenters. The van der Waals surface area contributed by atoms with Crippen LogP contribution in [0.2, 0.25) is 0 Å². The largest absolute Gasteiger partial charge is 0.292 e. The number of imidazole rings is 1. The Morgan fingerprint density at radius 3 is 2.90 bits per heavy atom. The van der Waals surface area contributed by atoms with E-state index >= 15 is 0 Å². The smallest absolute Gasteiger partial charge is 0.167 e. The summed E-state index contributed by atoms with van der Waals surface area (Å²) in [5.41, 5.74) is 4.22. The summed E-state index contributed by atoms with van der Waals surface area (Å²) in [4.78, 5) is 9.03. The number of halogens is 2. The number of fused-ring (bicyclic) bond motifs is 3. The first-order valence-electron chi connectivity index (χ1n) is 7.09. The van der Waals surface area contributed by atoms with Crippen LogP contribution in [0.5, 0.6) is 0 Å². The van der Waals surface area contributed by atoms with E-state index in [1.165, 1.54) is 12.1 Å². The lowest BCUT2D eigenvalue weighted by atomic mass is 9.91. The predicted octanol–water partition coefficient (Wildman–Crippen LogP) is 3.58. The van der Waals surface area contributed by atoms with Crippen molar-refractivity contribution in [3.8, 4) is 0 Å². The molecular weight excluding hydrogens is 398 g/mol. The summed E-state index contributed by atoms with van der Waals surface area (Å²) in [6, 6.07) is 2.08. The second kappa shape index (κ2) is 5.07. The van der Waals surface area contributed by atoms with Gasteiger partial charge < -0.3 is 0 Å². The third kappa shape index (κ3) is 2.05. The van der Waals surface area contributed by atoms with Crippen LogP contribution >= 0.6 is 32.3 Å². The zero-order chi connectivity index (χ0) is 14.6. The molecule has 1 saturated heterocycles. The molecule has 1 fully saturated rings. The summed E-state index contributed by atoms with van der Waals surface area (Å²) >= 11 is 7.13. The second-order valence-electron chi connectivity index (χ2n) is 5.57. The van der Waals surface area contributed by atoms with Crippen LogP contribution in [0.3, 0.4) is 0 Å². The van der Waals surface area contributed by atoms with Gasteiger partial charge in [0.1, 0.15) is 0 Å². The molecule has 7 heteroatoms. The molecule has 4 rings (SSSR count). The van der Waals surface area contributed by atoms with E-state index < -0.39 is 0 Å².